The molecule has 0 radical (unpaired) electrons. The molecule has 0 aliphatic carbocycles. The molecule has 0 aliphatic heterocycles. The standard InChI is InChI=1S/C24H24N2O3/c1-18-8-7-11-21(14-18)29-17-24-25-22-12-5-6-13-23(22)26(24)15-19(27)16-28-20-9-3-2-4-10-20/h2-14,19,27H,15-17H2,1H3. The smallest absolute Gasteiger partial charge is 0.148 e. The molecule has 4 rings (SSSR count). The van der Waals surface area contributed by atoms with Gasteiger partial charge in [-0.25, -0.2) is 4.98 Å². The Morgan fingerprint density at radius 3 is 2.48 bits per heavy atom. The molecule has 29 heavy (non-hydrogen) atoms. The topological polar surface area (TPSA) is 56.5 Å². The highest BCUT2D eigenvalue weighted by Gasteiger charge is 2.15. The maximum Gasteiger partial charge on any atom is 0.148 e. The molecule has 0 bridgehead atoms. The van der Waals surface area contributed by atoms with Crippen LogP contribution in [0.2, 0.25) is 0 Å². The summed E-state index contributed by atoms with van der Waals surface area (Å²) in [5.41, 5.74) is 2.99. The maximum absolute atomic E-state index is 10.6. The zero-order chi connectivity index (χ0) is 20.1. The summed E-state index contributed by atoms with van der Waals surface area (Å²) >= 11 is 0. The summed E-state index contributed by atoms with van der Waals surface area (Å²) < 4.78 is 13.7. The van der Waals surface area contributed by atoms with Gasteiger partial charge in [-0.05, 0) is 48.9 Å². The van der Waals surface area contributed by atoms with Crippen molar-refractivity contribution >= 4 is 11.0 Å². The van der Waals surface area contributed by atoms with Crippen molar-refractivity contribution in [2.45, 2.75) is 26.2 Å². The van der Waals surface area contributed by atoms with Gasteiger partial charge < -0.3 is 19.1 Å². The van der Waals surface area contributed by atoms with Crippen LogP contribution in [0.15, 0.2) is 78.9 Å². The highest BCUT2D eigenvalue weighted by molar-refractivity contribution is 5.75. The molecule has 0 saturated carbocycles. The Hall–Kier alpha value is -3.31. The number of aliphatic hydroxyl groups is 1. The van der Waals surface area contributed by atoms with Crippen molar-refractivity contribution in [3.63, 3.8) is 0 Å². The third-order valence-corrected chi connectivity index (χ3v) is 4.67. The van der Waals surface area contributed by atoms with Gasteiger partial charge in [0.15, 0.2) is 0 Å². The molecule has 148 valence electrons. The highest BCUT2D eigenvalue weighted by atomic mass is 16.5. The maximum atomic E-state index is 10.6. The number of rotatable bonds is 8. The molecule has 0 saturated heterocycles. The Balaban J connectivity index is 1.50. The molecule has 0 fully saturated rings. The summed E-state index contributed by atoms with van der Waals surface area (Å²) in [5.74, 6) is 2.31. The first-order valence-corrected chi connectivity index (χ1v) is 9.68. The summed E-state index contributed by atoms with van der Waals surface area (Å²) in [4.78, 5) is 4.71. The van der Waals surface area contributed by atoms with E-state index in [4.69, 9.17) is 14.5 Å². The van der Waals surface area contributed by atoms with Gasteiger partial charge in [0.1, 0.15) is 36.6 Å². The van der Waals surface area contributed by atoms with Crippen molar-refractivity contribution in [1.29, 1.82) is 0 Å². The van der Waals surface area contributed by atoms with Gasteiger partial charge in [-0.1, -0.05) is 42.5 Å². The number of nitrogens with zero attached hydrogens (tertiary/aromatic N) is 2. The molecule has 0 amide bonds. The third kappa shape index (κ3) is 4.76. The molecule has 1 atom stereocenters. The van der Waals surface area contributed by atoms with Crippen LogP contribution in [0.4, 0.5) is 0 Å². The van der Waals surface area contributed by atoms with Crippen LogP contribution in [0.25, 0.3) is 11.0 Å². The largest absolute Gasteiger partial charge is 0.491 e. The number of hydrogen-bond acceptors (Lipinski definition) is 4. The molecule has 0 spiro atoms. The Bertz CT molecular complexity index is 1080. The molecule has 5 nitrogen and oxygen atoms in total. The summed E-state index contributed by atoms with van der Waals surface area (Å²) in [7, 11) is 0. The van der Waals surface area contributed by atoms with E-state index in [0.717, 1.165) is 33.9 Å². The average molecular weight is 388 g/mol. The van der Waals surface area contributed by atoms with Crippen molar-refractivity contribution in [3.05, 3.63) is 90.3 Å². The second kappa shape index (κ2) is 8.80. The van der Waals surface area contributed by atoms with Crippen LogP contribution < -0.4 is 9.47 Å². The number of para-hydroxylation sites is 3. The molecule has 1 unspecified atom stereocenters. The minimum atomic E-state index is -0.675. The van der Waals surface area contributed by atoms with Crippen molar-refractivity contribution < 1.29 is 14.6 Å². The average Bonchev–Trinajstić information content (AvgIpc) is 3.09. The van der Waals surface area contributed by atoms with E-state index in [-0.39, 0.29) is 6.61 Å². The van der Waals surface area contributed by atoms with Crippen molar-refractivity contribution in [1.82, 2.24) is 9.55 Å². The van der Waals surface area contributed by atoms with E-state index in [1.807, 2.05) is 90.4 Å². The SMILES string of the molecule is Cc1cccc(OCc2nc3ccccc3n2CC(O)COc2ccccc2)c1. The van der Waals surface area contributed by atoms with Gasteiger partial charge in [-0.3, -0.25) is 0 Å². The first-order valence-electron chi connectivity index (χ1n) is 9.68. The van der Waals surface area contributed by atoms with Gasteiger partial charge >= 0.3 is 0 Å². The van der Waals surface area contributed by atoms with E-state index in [1.165, 1.54) is 0 Å². The number of ether oxygens (including phenoxy) is 2. The van der Waals surface area contributed by atoms with Crippen molar-refractivity contribution in [3.8, 4) is 11.5 Å². The number of aryl methyl sites for hydroxylation is 1. The lowest BCUT2D eigenvalue weighted by molar-refractivity contribution is 0.0917. The van der Waals surface area contributed by atoms with E-state index in [2.05, 4.69) is 0 Å². The molecule has 1 heterocycles. The van der Waals surface area contributed by atoms with Gasteiger partial charge in [0.25, 0.3) is 0 Å². The number of fused-ring (bicyclic) bond motifs is 1. The first-order chi connectivity index (χ1) is 14.2. The van der Waals surface area contributed by atoms with Gasteiger partial charge in [0.2, 0.25) is 0 Å². The summed E-state index contributed by atoms with van der Waals surface area (Å²) in [6.45, 7) is 2.93. The van der Waals surface area contributed by atoms with E-state index < -0.39 is 6.10 Å². The quantitative estimate of drug-likeness (QED) is 0.487. The van der Waals surface area contributed by atoms with Gasteiger partial charge in [-0.15, -0.1) is 0 Å². The summed E-state index contributed by atoms with van der Waals surface area (Å²) in [5, 5.41) is 10.6. The monoisotopic (exact) mass is 388 g/mol. The molecule has 5 heteroatoms. The lowest BCUT2D eigenvalue weighted by Crippen LogP contribution is -2.25. The lowest BCUT2D eigenvalue weighted by Gasteiger charge is -2.16. The Kier molecular flexibility index (Phi) is 5.77. The zero-order valence-corrected chi connectivity index (χ0v) is 16.4. The summed E-state index contributed by atoms with van der Waals surface area (Å²) in [6.07, 6.45) is -0.675. The van der Waals surface area contributed by atoms with E-state index in [9.17, 15) is 5.11 Å². The Morgan fingerprint density at radius 2 is 1.66 bits per heavy atom. The number of aliphatic hydroxyl groups excluding tert-OH is 1. The predicted molar refractivity (Wildman–Crippen MR) is 113 cm³/mol. The van der Waals surface area contributed by atoms with Crippen molar-refractivity contribution in [2.24, 2.45) is 0 Å². The first kappa shape index (κ1) is 19.0. The van der Waals surface area contributed by atoms with Crippen LogP contribution in [0.3, 0.4) is 0 Å². The second-order valence-electron chi connectivity index (χ2n) is 7.01. The van der Waals surface area contributed by atoms with Crippen molar-refractivity contribution in [2.75, 3.05) is 6.61 Å². The molecular weight excluding hydrogens is 364 g/mol. The minimum absolute atomic E-state index is 0.203. The normalized spacial score (nSPS) is 12.1. The van der Waals surface area contributed by atoms with E-state index in [1.54, 1.807) is 0 Å². The molecule has 4 aromatic rings. The zero-order valence-electron chi connectivity index (χ0n) is 16.4. The van der Waals surface area contributed by atoms with Crippen LogP contribution in [0.5, 0.6) is 11.5 Å². The van der Waals surface area contributed by atoms with Crippen LogP contribution >= 0.6 is 0 Å². The van der Waals surface area contributed by atoms with Crippen LogP contribution in [-0.4, -0.2) is 27.4 Å². The number of imidazole rings is 1. The second-order valence-corrected chi connectivity index (χ2v) is 7.01. The van der Waals surface area contributed by atoms with E-state index >= 15 is 0 Å². The number of hydrogen-bond donors (Lipinski definition) is 1. The fraction of sp³-hybridized carbons (Fsp3) is 0.208. The minimum Gasteiger partial charge on any atom is -0.491 e. The van der Waals surface area contributed by atoms with E-state index in [0.29, 0.717) is 13.2 Å². The van der Waals surface area contributed by atoms with Gasteiger partial charge in [-0.2, -0.15) is 0 Å². The van der Waals surface area contributed by atoms with Crippen LogP contribution in [0, 0.1) is 6.92 Å². The van der Waals surface area contributed by atoms with Gasteiger partial charge in [0, 0.05) is 0 Å². The predicted octanol–water partition coefficient (Wildman–Crippen LogP) is 4.36. The molecular formula is C24H24N2O3. The van der Waals surface area contributed by atoms with Crippen LogP contribution in [0.1, 0.15) is 11.4 Å². The molecule has 3 aromatic carbocycles. The fourth-order valence-electron chi connectivity index (χ4n) is 3.26. The van der Waals surface area contributed by atoms with Gasteiger partial charge in [0.05, 0.1) is 17.6 Å². The number of benzene rings is 3. The summed E-state index contributed by atoms with van der Waals surface area (Å²) in [6, 6.07) is 25.3. The lowest BCUT2D eigenvalue weighted by atomic mass is 10.2. The Morgan fingerprint density at radius 1 is 0.897 bits per heavy atom. The number of aromatic nitrogens is 2. The molecule has 1 aromatic heterocycles. The highest BCUT2D eigenvalue weighted by Crippen LogP contribution is 2.20. The third-order valence-electron chi connectivity index (χ3n) is 4.67. The van der Waals surface area contributed by atoms with Crippen LogP contribution in [-0.2, 0) is 13.2 Å². The fourth-order valence-corrected chi connectivity index (χ4v) is 3.26. The Labute approximate surface area is 170 Å². The molecule has 0 aliphatic rings. The molecule has 1 N–H and O–H groups in total.